The third-order valence-corrected chi connectivity index (χ3v) is 4.32. The summed E-state index contributed by atoms with van der Waals surface area (Å²) in [5.74, 6) is -0.464. The highest BCUT2D eigenvalue weighted by Crippen LogP contribution is 2.20. The Balaban J connectivity index is 1.91. The minimum absolute atomic E-state index is 0.194. The number of thiazole rings is 1. The van der Waals surface area contributed by atoms with Crippen molar-refractivity contribution >= 4 is 28.5 Å². The largest absolute Gasteiger partial charge is 0.469 e. The predicted molar refractivity (Wildman–Crippen MR) is 81.4 cm³/mol. The average Bonchev–Trinajstić information content (AvgIpc) is 2.94. The van der Waals surface area contributed by atoms with Crippen molar-refractivity contribution in [1.29, 1.82) is 0 Å². The average molecular weight is 311 g/mol. The first-order valence-corrected chi connectivity index (χ1v) is 8.10. The van der Waals surface area contributed by atoms with Crippen molar-refractivity contribution in [1.82, 2.24) is 9.88 Å². The van der Waals surface area contributed by atoms with Crippen LogP contribution in [-0.4, -0.2) is 42.1 Å². The van der Waals surface area contributed by atoms with E-state index in [0.717, 1.165) is 31.4 Å². The highest BCUT2D eigenvalue weighted by atomic mass is 32.1. The van der Waals surface area contributed by atoms with E-state index < -0.39 is 0 Å². The van der Waals surface area contributed by atoms with Crippen LogP contribution in [0.5, 0.6) is 0 Å². The summed E-state index contributed by atoms with van der Waals surface area (Å²) in [7, 11) is 1.38. The van der Waals surface area contributed by atoms with E-state index in [2.05, 4.69) is 17.2 Å². The third-order valence-electron chi connectivity index (χ3n) is 3.51. The Morgan fingerprint density at radius 2 is 2.38 bits per heavy atom. The van der Waals surface area contributed by atoms with E-state index in [-0.39, 0.29) is 17.9 Å². The van der Waals surface area contributed by atoms with Gasteiger partial charge in [-0.15, -0.1) is 11.3 Å². The number of carbonyl (C=O) groups excluding carboxylic acids is 2. The van der Waals surface area contributed by atoms with Gasteiger partial charge in [-0.3, -0.25) is 10.1 Å². The van der Waals surface area contributed by atoms with Crippen LogP contribution in [0.2, 0.25) is 0 Å². The van der Waals surface area contributed by atoms with Gasteiger partial charge in [-0.25, -0.2) is 9.78 Å². The molecule has 1 aromatic heterocycles. The zero-order chi connectivity index (χ0) is 15.2. The summed E-state index contributed by atoms with van der Waals surface area (Å²) in [6.45, 7) is 3.16. The van der Waals surface area contributed by atoms with Gasteiger partial charge in [0.2, 0.25) is 0 Å². The quantitative estimate of drug-likeness (QED) is 0.867. The Bertz CT molecular complexity index is 503. The maximum absolute atomic E-state index is 12.2. The Labute approximate surface area is 128 Å². The molecule has 0 unspecified atom stereocenters. The van der Waals surface area contributed by atoms with Crippen LogP contribution < -0.4 is 5.32 Å². The van der Waals surface area contributed by atoms with Gasteiger partial charge >= 0.3 is 12.0 Å². The van der Waals surface area contributed by atoms with E-state index in [9.17, 15) is 9.59 Å². The number of ether oxygens (including phenoxy) is 1. The molecular formula is C14H21N3O3S. The molecule has 1 saturated heterocycles. The molecule has 0 aromatic carbocycles. The summed E-state index contributed by atoms with van der Waals surface area (Å²) in [5, 5.41) is 5.39. The summed E-state index contributed by atoms with van der Waals surface area (Å²) >= 11 is 1.43. The topological polar surface area (TPSA) is 71.5 Å². The monoisotopic (exact) mass is 311 g/mol. The number of aryl methyl sites for hydroxylation is 1. The third kappa shape index (κ3) is 4.17. The number of hydrogen-bond donors (Lipinski definition) is 1. The number of nitrogens with one attached hydrogen (secondary N) is 1. The van der Waals surface area contributed by atoms with Gasteiger partial charge in [0.25, 0.3) is 0 Å². The van der Waals surface area contributed by atoms with Gasteiger partial charge in [-0.05, 0) is 19.3 Å². The fourth-order valence-electron chi connectivity index (χ4n) is 2.43. The highest BCUT2D eigenvalue weighted by Gasteiger charge is 2.29. The van der Waals surface area contributed by atoms with Crippen LogP contribution in [0.1, 0.15) is 31.9 Å². The summed E-state index contributed by atoms with van der Waals surface area (Å²) in [6, 6.07) is -0.194. The van der Waals surface area contributed by atoms with Crippen molar-refractivity contribution in [3.05, 3.63) is 11.1 Å². The van der Waals surface area contributed by atoms with Gasteiger partial charge in [0.1, 0.15) is 0 Å². The van der Waals surface area contributed by atoms with Crippen molar-refractivity contribution in [3.63, 3.8) is 0 Å². The van der Waals surface area contributed by atoms with Crippen LogP contribution >= 0.6 is 11.3 Å². The highest BCUT2D eigenvalue weighted by molar-refractivity contribution is 7.13. The Kier molecular flexibility index (Phi) is 5.55. The fourth-order valence-corrected chi connectivity index (χ4v) is 3.16. The number of nitrogens with zero attached hydrogens (tertiary/aromatic N) is 2. The van der Waals surface area contributed by atoms with E-state index in [4.69, 9.17) is 4.74 Å². The number of rotatable bonds is 4. The van der Waals surface area contributed by atoms with Crippen LogP contribution in [0.25, 0.3) is 0 Å². The van der Waals surface area contributed by atoms with Gasteiger partial charge in [0.05, 0.1) is 18.7 Å². The van der Waals surface area contributed by atoms with Crippen LogP contribution in [0.3, 0.4) is 0 Å². The van der Waals surface area contributed by atoms with Gasteiger partial charge in [-0.1, -0.05) is 13.3 Å². The molecule has 1 aliphatic heterocycles. The Hall–Kier alpha value is -1.63. The minimum atomic E-state index is -0.244. The fraction of sp³-hybridized carbons (Fsp3) is 0.643. The molecule has 0 bridgehead atoms. The lowest BCUT2D eigenvalue weighted by atomic mass is 9.98. The summed E-state index contributed by atoms with van der Waals surface area (Å²) in [5.41, 5.74) is 1.00. The molecule has 1 aromatic rings. The number of likely N-dealkylation sites (tertiary alicyclic amines) is 1. The molecule has 2 amide bonds. The molecule has 6 nitrogen and oxygen atoms in total. The van der Waals surface area contributed by atoms with Crippen LogP contribution in [0.15, 0.2) is 5.38 Å². The lowest BCUT2D eigenvalue weighted by Gasteiger charge is -2.30. The number of amides is 2. The van der Waals surface area contributed by atoms with Crippen molar-refractivity contribution in [2.75, 3.05) is 25.5 Å². The van der Waals surface area contributed by atoms with Crippen LogP contribution in [0.4, 0.5) is 9.93 Å². The molecule has 1 N–H and O–H groups in total. The SMILES string of the molecule is CCCc1csc(NC(=O)N2CCC[C@@H](C(=O)OC)C2)n1. The molecule has 1 aliphatic rings. The summed E-state index contributed by atoms with van der Waals surface area (Å²) in [6.07, 6.45) is 3.53. The lowest BCUT2D eigenvalue weighted by Crippen LogP contribution is -2.44. The number of piperidine rings is 1. The number of carbonyl (C=O) groups is 2. The normalized spacial score (nSPS) is 18.4. The molecule has 21 heavy (non-hydrogen) atoms. The van der Waals surface area contributed by atoms with Crippen LogP contribution in [-0.2, 0) is 16.0 Å². The number of aromatic nitrogens is 1. The maximum atomic E-state index is 12.2. The van der Waals surface area contributed by atoms with Crippen molar-refractivity contribution in [2.24, 2.45) is 5.92 Å². The van der Waals surface area contributed by atoms with Gasteiger partial charge < -0.3 is 9.64 Å². The second-order valence-electron chi connectivity index (χ2n) is 5.13. The number of esters is 1. The first-order valence-electron chi connectivity index (χ1n) is 7.22. The molecule has 2 heterocycles. The predicted octanol–water partition coefficient (Wildman–Crippen LogP) is 2.51. The number of methoxy groups -OCH3 is 1. The van der Waals surface area contributed by atoms with E-state index >= 15 is 0 Å². The Morgan fingerprint density at radius 3 is 3.10 bits per heavy atom. The summed E-state index contributed by atoms with van der Waals surface area (Å²) in [4.78, 5) is 29.8. The zero-order valence-corrected chi connectivity index (χ0v) is 13.2. The summed E-state index contributed by atoms with van der Waals surface area (Å²) < 4.78 is 4.76. The van der Waals surface area contributed by atoms with Gasteiger partial charge in [0, 0.05) is 18.5 Å². The molecule has 0 radical (unpaired) electrons. The molecule has 0 aliphatic carbocycles. The molecule has 1 atom stereocenters. The van der Waals surface area contributed by atoms with E-state index in [1.807, 2.05) is 5.38 Å². The minimum Gasteiger partial charge on any atom is -0.469 e. The molecular weight excluding hydrogens is 290 g/mol. The van der Waals surface area contributed by atoms with Crippen molar-refractivity contribution in [3.8, 4) is 0 Å². The number of urea groups is 1. The first-order chi connectivity index (χ1) is 10.1. The molecule has 0 spiro atoms. The van der Waals surface area contributed by atoms with E-state index in [1.54, 1.807) is 4.90 Å². The zero-order valence-electron chi connectivity index (χ0n) is 12.4. The molecule has 2 rings (SSSR count). The van der Waals surface area contributed by atoms with Crippen molar-refractivity contribution in [2.45, 2.75) is 32.6 Å². The van der Waals surface area contributed by atoms with E-state index in [0.29, 0.717) is 18.2 Å². The molecule has 116 valence electrons. The first kappa shape index (κ1) is 15.8. The van der Waals surface area contributed by atoms with Gasteiger partial charge in [0.15, 0.2) is 5.13 Å². The number of hydrogen-bond acceptors (Lipinski definition) is 5. The maximum Gasteiger partial charge on any atom is 0.323 e. The second kappa shape index (κ2) is 7.40. The van der Waals surface area contributed by atoms with E-state index in [1.165, 1.54) is 18.4 Å². The second-order valence-corrected chi connectivity index (χ2v) is 5.99. The van der Waals surface area contributed by atoms with Gasteiger partial charge in [-0.2, -0.15) is 0 Å². The molecule has 0 saturated carbocycles. The smallest absolute Gasteiger partial charge is 0.323 e. The molecule has 1 fully saturated rings. The Morgan fingerprint density at radius 1 is 1.57 bits per heavy atom. The number of anilines is 1. The lowest BCUT2D eigenvalue weighted by molar-refractivity contribution is -0.146. The van der Waals surface area contributed by atoms with Crippen LogP contribution in [0, 0.1) is 5.92 Å². The van der Waals surface area contributed by atoms with Crippen molar-refractivity contribution < 1.29 is 14.3 Å². The molecule has 7 heteroatoms. The standard InChI is InChI=1S/C14H21N3O3S/c1-3-5-11-9-21-13(15-11)16-14(19)17-7-4-6-10(8-17)12(18)20-2/h9-10H,3-8H2,1-2H3,(H,15,16,19)/t10-/m1/s1.